The van der Waals surface area contributed by atoms with E-state index in [9.17, 15) is 14.0 Å². The van der Waals surface area contributed by atoms with Gasteiger partial charge in [0.15, 0.2) is 0 Å². The van der Waals surface area contributed by atoms with Crippen molar-refractivity contribution < 1.29 is 14.0 Å². The Balaban J connectivity index is 1.70. The van der Waals surface area contributed by atoms with Crippen molar-refractivity contribution >= 4 is 23.2 Å². The van der Waals surface area contributed by atoms with E-state index in [2.05, 4.69) is 10.6 Å². The molecule has 4 nitrogen and oxygen atoms in total. The van der Waals surface area contributed by atoms with Gasteiger partial charge < -0.3 is 10.6 Å². The van der Waals surface area contributed by atoms with Crippen molar-refractivity contribution in [2.24, 2.45) is 0 Å². The summed E-state index contributed by atoms with van der Waals surface area (Å²) >= 11 is 0. The Morgan fingerprint density at radius 1 is 0.778 bits per heavy atom. The third kappa shape index (κ3) is 4.39. The first-order valence-corrected chi connectivity index (χ1v) is 8.48. The summed E-state index contributed by atoms with van der Waals surface area (Å²) < 4.78 is 13.2. The van der Waals surface area contributed by atoms with E-state index in [0.717, 1.165) is 16.8 Å². The number of aryl methyl sites for hydroxylation is 1. The Labute approximate surface area is 157 Å². The summed E-state index contributed by atoms with van der Waals surface area (Å²) in [5.74, 6) is -1.05. The molecule has 27 heavy (non-hydrogen) atoms. The molecule has 2 amide bonds. The largest absolute Gasteiger partial charge is 0.322 e. The Hall–Kier alpha value is -3.47. The van der Waals surface area contributed by atoms with Crippen LogP contribution >= 0.6 is 0 Å². The number of anilines is 2. The Bertz CT molecular complexity index is 997. The van der Waals surface area contributed by atoms with Gasteiger partial charge >= 0.3 is 0 Å². The predicted molar refractivity (Wildman–Crippen MR) is 105 cm³/mol. The molecule has 2 N–H and O–H groups in total. The highest BCUT2D eigenvalue weighted by Crippen LogP contribution is 2.19. The molecular weight excluding hydrogens is 343 g/mol. The molecule has 136 valence electrons. The lowest BCUT2D eigenvalue weighted by Crippen LogP contribution is -2.15. The van der Waals surface area contributed by atoms with Gasteiger partial charge in [0.1, 0.15) is 5.82 Å². The molecule has 0 aliphatic carbocycles. The summed E-state index contributed by atoms with van der Waals surface area (Å²) in [4.78, 5) is 24.7. The molecule has 0 radical (unpaired) electrons. The van der Waals surface area contributed by atoms with Gasteiger partial charge in [-0.15, -0.1) is 0 Å². The van der Waals surface area contributed by atoms with Gasteiger partial charge in [-0.25, -0.2) is 4.39 Å². The molecular formula is C22H19FN2O2. The van der Waals surface area contributed by atoms with Crippen molar-refractivity contribution in [3.8, 4) is 0 Å². The predicted octanol–water partition coefficient (Wildman–Crippen LogP) is 4.95. The SMILES string of the molecule is Cc1cccc(NC(=O)c2ccc(C(=O)Nc3cccc(F)c3)cc2)c1C. The monoisotopic (exact) mass is 362 g/mol. The van der Waals surface area contributed by atoms with Crippen LogP contribution < -0.4 is 10.6 Å². The van der Waals surface area contributed by atoms with Crippen molar-refractivity contribution in [2.75, 3.05) is 10.6 Å². The number of amides is 2. The fourth-order valence-electron chi connectivity index (χ4n) is 2.62. The molecule has 0 atom stereocenters. The number of carbonyl (C=O) groups excluding carboxylic acids is 2. The maximum absolute atomic E-state index is 13.2. The summed E-state index contributed by atoms with van der Waals surface area (Å²) in [6.45, 7) is 3.93. The molecule has 3 rings (SSSR count). The Morgan fingerprint density at radius 2 is 1.37 bits per heavy atom. The number of halogens is 1. The number of rotatable bonds is 4. The van der Waals surface area contributed by atoms with Crippen LogP contribution in [0, 0.1) is 19.7 Å². The van der Waals surface area contributed by atoms with Gasteiger partial charge in [-0.3, -0.25) is 9.59 Å². The lowest BCUT2D eigenvalue weighted by Gasteiger charge is -2.11. The number of hydrogen-bond acceptors (Lipinski definition) is 2. The molecule has 0 saturated carbocycles. The summed E-state index contributed by atoms with van der Waals surface area (Å²) in [6.07, 6.45) is 0. The number of nitrogens with one attached hydrogen (secondary N) is 2. The average Bonchev–Trinajstić information content (AvgIpc) is 2.65. The van der Waals surface area contributed by atoms with E-state index >= 15 is 0 Å². The zero-order valence-electron chi connectivity index (χ0n) is 15.0. The van der Waals surface area contributed by atoms with Gasteiger partial charge in [-0.05, 0) is 73.5 Å². The third-order valence-electron chi connectivity index (χ3n) is 4.34. The standard InChI is InChI=1S/C22H19FN2O2/c1-14-5-3-8-20(15(14)2)25-22(27)17-11-9-16(10-12-17)21(26)24-19-7-4-6-18(23)13-19/h3-13H,1-2H3,(H,24,26)(H,25,27). The molecule has 0 aliphatic heterocycles. The molecule has 0 aliphatic rings. The third-order valence-corrected chi connectivity index (χ3v) is 4.34. The fraction of sp³-hybridized carbons (Fsp3) is 0.0909. The van der Waals surface area contributed by atoms with Crippen molar-refractivity contribution in [1.29, 1.82) is 0 Å². The number of carbonyl (C=O) groups is 2. The Morgan fingerprint density at radius 3 is 2.00 bits per heavy atom. The highest BCUT2D eigenvalue weighted by atomic mass is 19.1. The first kappa shape index (κ1) is 18.3. The van der Waals surface area contributed by atoms with Gasteiger partial charge in [0.2, 0.25) is 0 Å². The van der Waals surface area contributed by atoms with E-state index in [0.29, 0.717) is 16.8 Å². The van der Waals surface area contributed by atoms with E-state index in [4.69, 9.17) is 0 Å². The van der Waals surface area contributed by atoms with Gasteiger partial charge in [0.05, 0.1) is 0 Å². The minimum absolute atomic E-state index is 0.249. The highest BCUT2D eigenvalue weighted by molar-refractivity contribution is 6.07. The van der Waals surface area contributed by atoms with Crippen molar-refractivity contribution in [2.45, 2.75) is 13.8 Å². The summed E-state index contributed by atoms with van der Waals surface area (Å²) in [7, 11) is 0. The first-order chi connectivity index (χ1) is 12.9. The van der Waals surface area contributed by atoms with Crippen molar-refractivity contribution in [3.05, 3.63) is 94.8 Å². The number of benzene rings is 3. The summed E-state index contributed by atoms with van der Waals surface area (Å²) in [5.41, 5.74) is 4.06. The minimum Gasteiger partial charge on any atom is -0.322 e. The van der Waals surface area contributed by atoms with E-state index in [-0.39, 0.29) is 11.8 Å². The lowest BCUT2D eigenvalue weighted by molar-refractivity contribution is 0.101. The average molecular weight is 362 g/mol. The van der Waals surface area contributed by atoms with E-state index in [1.807, 2.05) is 32.0 Å². The van der Waals surface area contributed by atoms with E-state index in [1.54, 1.807) is 30.3 Å². The molecule has 0 heterocycles. The van der Waals surface area contributed by atoms with Crippen LogP contribution in [0.1, 0.15) is 31.8 Å². The normalized spacial score (nSPS) is 10.3. The Kier molecular flexibility index (Phi) is 5.31. The topological polar surface area (TPSA) is 58.2 Å². The molecule has 0 saturated heterocycles. The fourth-order valence-corrected chi connectivity index (χ4v) is 2.62. The molecule has 0 unspecified atom stereocenters. The van der Waals surface area contributed by atoms with Crippen molar-refractivity contribution in [3.63, 3.8) is 0 Å². The second-order valence-corrected chi connectivity index (χ2v) is 6.24. The van der Waals surface area contributed by atoms with Crippen LogP contribution in [0.3, 0.4) is 0 Å². The zero-order chi connectivity index (χ0) is 19.4. The van der Waals surface area contributed by atoms with Crippen LogP contribution in [0.2, 0.25) is 0 Å². The van der Waals surface area contributed by atoms with Gasteiger partial charge in [0, 0.05) is 22.5 Å². The lowest BCUT2D eigenvalue weighted by atomic mass is 10.1. The van der Waals surface area contributed by atoms with Gasteiger partial charge in [-0.1, -0.05) is 18.2 Å². The van der Waals surface area contributed by atoms with E-state index in [1.165, 1.54) is 18.2 Å². The van der Waals surface area contributed by atoms with Crippen LogP contribution in [0.25, 0.3) is 0 Å². The maximum Gasteiger partial charge on any atom is 0.255 e. The highest BCUT2D eigenvalue weighted by Gasteiger charge is 2.11. The first-order valence-electron chi connectivity index (χ1n) is 8.48. The number of hydrogen-bond donors (Lipinski definition) is 2. The molecule has 3 aromatic rings. The molecule has 0 aromatic heterocycles. The summed E-state index contributed by atoms with van der Waals surface area (Å²) in [5, 5.41) is 5.50. The molecule has 3 aromatic carbocycles. The van der Waals surface area contributed by atoms with Crippen LogP contribution in [0.4, 0.5) is 15.8 Å². The van der Waals surface area contributed by atoms with Crippen LogP contribution in [0.15, 0.2) is 66.7 Å². The molecule has 0 fully saturated rings. The van der Waals surface area contributed by atoms with Crippen LogP contribution in [-0.2, 0) is 0 Å². The second-order valence-electron chi connectivity index (χ2n) is 6.24. The molecule has 0 spiro atoms. The van der Waals surface area contributed by atoms with Crippen LogP contribution in [-0.4, -0.2) is 11.8 Å². The van der Waals surface area contributed by atoms with Crippen molar-refractivity contribution in [1.82, 2.24) is 0 Å². The van der Waals surface area contributed by atoms with Gasteiger partial charge in [-0.2, -0.15) is 0 Å². The molecule has 5 heteroatoms. The maximum atomic E-state index is 13.2. The minimum atomic E-state index is -0.425. The smallest absolute Gasteiger partial charge is 0.255 e. The summed E-state index contributed by atoms with van der Waals surface area (Å²) in [6, 6.07) is 17.7. The quantitative estimate of drug-likeness (QED) is 0.690. The second kappa shape index (κ2) is 7.83. The van der Waals surface area contributed by atoms with Crippen LogP contribution in [0.5, 0.6) is 0 Å². The van der Waals surface area contributed by atoms with E-state index < -0.39 is 5.82 Å². The van der Waals surface area contributed by atoms with Gasteiger partial charge in [0.25, 0.3) is 11.8 Å². The zero-order valence-corrected chi connectivity index (χ0v) is 15.0. The molecule has 0 bridgehead atoms.